The summed E-state index contributed by atoms with van der Waals surface area (Å²) >= 11 is 1.86. The molecule has 0 aliphatic carbocycles. The van der Waals surface area contributed by atoms with E-state index in [1.165, 1.54) is 21.0 Å². The second kappa shape index (κ2) is 8.06. The lowest BCUT2D eigenvalue weighted by Crippen LogP contribution is -2.37. The number of fused-ring (bicyclic) bond motifs is 1. The molecule has 6 heteroatoms. The molecule has 0 fully saturated rings. The van der Waals surface area contributed by atoms with Crippen LogP contribution in [0.2, 0.25) is 0 Å². The van der Waals surface area contributed by atoms with Gasteiger partial charge < -0.3 is 15.2 Å². The molecule has 0 aromatic carbocycles. The van der Waals surface area contributed by atoms with Gasteiger partial charge in [0.2, 0.25) is 0 Å². The van der Waals surface area contributed by atoms with E-state index in [1.807, 2.05) is 23.5 Å². The maximum absolute atomic E-state index is 12.1. The summed E-state index contributed by atoms with van der Waals surface area (Å²) in [5.41, 5.74) is 2.70. The number of carbonyl (C=O) groups is 1. The molecule has 136 valence electrons. The molecular formula is C19H28N4OS. The lowest BCUT2D eigenvalue weighted by Gasteiger charge is -2.25. The molecule has 0 bridgehead atoms. The van der Waals surface area contributed by atoms with Crippen molar-refractivity contribution < 1.29 is 4.79 Å². The lowest BCUT2D eigenvalue weighted by atomic mass is 10.0. The largest absolute Gasteiger partial charge is 0.338 e. The van der Waals surface area contributed by atoms with Crippen LogP contribution >= 0.6 is 11.3 Å². The van der Waals surface area contributed by atoms with Crippen LogP contribution in [0.3, 0.4) is 0 Å². The third-order valence-electron chi connectivity index (χ3n) is 4.61. The van der Waals surface area contributed by atoms with E-state index < -0.39 is 0 Å². The van der Waals surface area contributed by atoms with Crippen LogP contribution < -0.4 is 10.6 Å². The number of hydrogen-bond donors (Lipinski definition) is 2. The fraction of sp³-hybridized carbons (Fsp3) is 0.526. The molecule has 0 saturated carbocycles. The highest BCUT2D eigenvalue weighted by molar-refractivity contribution is 7.14. The molecule has 2 amide bonds. The van der Waals surface area contributed by atoms with Crippen molar-refractivity contribution >= 4 is 17.4 Å². The van der Waals surface area contributed by atoms with Crippen LogP contribution in [0.4, 0.5) is 4.79 Å². The lowest BCUT2D eigenvalue weighted by molar-refractivity contribution is 0.239. The third kappa shape index (κ3) is 4.25. The molecule has 2 aromatic rings. The van der Waals surface area contributed by atoms with Crippen LogP contribution in [0.25, 0.3) is 5.00 Å². The van der Waals surface area contributed by atoms with Gasteiger partial charge in [-0.3, -0.25) is 4.90 Å². The van der Waals surface area contributed by atoms with Gasteiger partial charge in [-0.25, -0.2) is 4.79 Å². The number of likely N-dealkylation sites (N-methyl/N-ethyl adjacent to an activating group) is 1. The Kier molecular flexibility index (Phi) is 5.81. The standard InChI is InChI=1S/C19H28N4OS/c1-4-22-10-7-15-16(12-21-19(24)20-11-14(2)3)18(25-17(15)13-22)23-8-5-6-9-23/h5-6,8-9,14H,4,7,10-13H2,1-3H3,(H2,20,21,24). The summed E-state index contributed by atoms with van der Waals surface area (Å²) in [6, 6.07) is 4.01. The van der Waals surface area contributed by atoms with Gasteiger partial charge in [0.25, 0.3) is 0 Å². The van der Waals surface area contributed by atoms with E-state index in [4.69, 9.17) is 0 Å². The number of aromatic nitrogens is 1. The highest BCUT2D eigenvalue weighted by atomic mass is 32.1. The fourth-order valence-electron chi connectivity index (χ4n) is 3.17. The zero-order chi connectivity index (χ0) is 17.8. The molecule has 3 heterocycles. The highest BCUT2D eigenvalue weighted by Crippen LogP contribution is 2.35. The zero-order valence-corrected chi connectivity index (χ0v) is 16.2. The van der Waals surface area contributed by atoms with Gasteiger partial charge in [0.1, 0.15) is 5.00 Å². The molecule has 2 aromatic heterocycles. The van der Waals surface area contributed by atoms with E-state index in [0.29, 0.717) is 19.0 Å². The molecular weight excluding hydrogens is 332 g/mol. The van der Waals surface area contributed by atoms with Gasteiger partial charge in [-0.15, -0.1) is 11.3 Å². The second-order valence-corrected chi connectivity index (χ2v) is 8.04. The smallest absolute Gasteiger partial charge is 0.315 e. The second-order valence-electron chi connectivity index (χ2n) is 6.95. The summed E-state index contributed by atoms with van der Waals surface area (Å²) in [6.07, 6.45) is 5.22. The first-order valence-corrected chi connectivity index (χ1v) is 9.91. The van der Waals surface area contributed by atoms with Gasteiger partial charge in [-0.05, 0) is 36.6 Å². The molecule has 0 unspecified atom stereocenters. The Bertz CT molecular complexity index is 705. The summed E-state index contributed by atoms with van der Waals surface area (Å²) in [6.45, 7) is 10.9. The van der Waals surface area contributed by atoms with Crippen LogP contribution in [-0.4, -0.2) is 35.1 Å². The van der Waals surface area contributed by atoms with E-state index in [1.54, 1.807) is 0 Å². The fourth-order valence-corrected chi connectivity index (χ4v) is 4.54. The van der Waals surface area contributed by atoms with Crippen molar-refractivity contribution in [1.29, 1.82) is 0 Å². The van der Waals surface area contributed by atoms with Crippen molar-refractivity contribution in [3.8, 4) is 5.00 Å². The van der Waals surface area contributed by atoms with E-state index in [-0.39, 0.29) is 6.03 Å². The quantitative estimate of drug-likeness (QED) is 0.830. The van der Waals surface area contributed by atoms with Gasteiger partial charge >= 0.3 is 6.03 Å². The number of nitrogens with one attached hydrogen (secondary N) is 2. The molecule has 25 heavy (non-hydrogen) atoms. The average Bonchev–Trinajstić information content (AvgIpc) is 3.24. The Morgan fingerprint density at radius 2 is 2.04 bits per heavy atom. The zero-order valence-electron chi connectivity index (χ0n) is 15.3. The van der Waals surface area contributed by atoms with Crippen LogP contribution in [0.1, 0.15) is 36.8 Å². The van der Waals surface area contributed by atoms with Crippen molar-refractivity contribution in [3.05, 3.63) is 40.5 Å². The van der Waals surface area contributed by atoms with Crippen LogP contribution in [0.15, 0.2) is 24.5 Å². The van der Waals surface area contributed by atoms with Crippen molar-refractivity contribution in [3.63, 3.8) is 0 Å². The Morgan fingerprint density at radius 3 is 2.72 bits per heavy atom. The van der Waals surface area contributed by atoms with Gasteiger partial charge in [-0.1, -0.05) is 20.8 Å². The first-order chi connectivity index (χ1) is 12.1. The Hall–Kier alpha value is -1.79. The van der Waals surface area contributed by atoms with E-state index in [2.05, 4.69) is 53.3 Å². The summed E-state index contributed by atoms with van der Waals surface area (Å²) in [4.78, 5) is 16.0. The first-order valence-electron chi connectivity index (χ1n) is 9.09. The average molecular weight is 361 g/mol. The molecule has 0 saturated heterocycles. The van der Waals surface area contributed by atoms with Gasteiger partial charge in [0.15, 0.2) is 0 Å². The molecule has 3 rings (SSSR count). The molecule has 0 spiro atoms. The summed E-state index contributed by atoms with van der Waals surface area (Å²) < 4.78 is 2.17. The minimum absolute atomic E-state index is 0.0851. The van der Waals surface area contributed by atoms with Crippen LogP contribution in [0, 0.1) is 5.92 Å². The van der Waals surface area contributed by atoms with Crippen molar-refractivity contribution in [2.75, 3.05) is 19.6 Å². The van der Waals surface area contributed by atoms with Gasteiger partial charge in [0, 0.05) is 49.0 Å². The topological polar surface area (TPSA) is 49.3 Å². The maximum Gasteiger partial charge on any atom is 0.315 e. The maximum atomic E-state index is 12.1. The Labute approximate surface area is 154 Å². The summed E-state index contributed by atoms with van der Waals surface area (Å²) in [5, 5.41) is 7.21. The first kappa shape index (κ1) is 18.0. The minimum atomic E-state index is -0.0851. The predicted molar refractivity (Wildman–Crippen MR) is 103 cm³/mol. The number of thiophene rings is 1. The molecule has 1 aliphatic rings. The third-order valence-corrected chi connectivity index (χ3v) is 5.88. The SMILES string of the molecule is CCN1CCc2c(sc(-n3cccc3)c2CNC(=O)NCC(C)C)C1. The number of hydrogen-bond acceptors (Lipinski definition) is 3. The number of carbonyl (C=O) groups excluding carboxylic acids is 1. The van der Waals surface area contributed by atoms with Crippen molar-refractivity contribution in [1.82, 2.24) is 20.1 Å². The minimum Gasteiger partial charge on any atom is -0.338 e. The predicted octanol–water partition coefficient (Wildman–Crippen LogP) is 3.37. The number of amides is 2. The Morgan fingerprint density at radius 1 is 1.28 bits per heavy atom. The van der Waals surface area contributed by atoms with E-state index >= 15 is 0 Å². The van der Waals surface area contributed by atoms with Crippen molar-refractivity contribution in [2.24, 2.45) is 5.92 Å². The number of nitrogens with zero attached hydrogens (tertiary/aromatic N) is 2. The number of rotatable bonds is 6. The molecule has 0 radical (unpaired) electrons. The summed E-state index contributed by atoms with van der Waals surface area (Å²) in [7, 11) is 0. The van der Waals surface area contributed by atoms with Gasteiger partial charge in [-0.2, -0.15) is 0 Å². The normalized spacial score (nSPS) is 14.6. The summed E-state index contributed by atoms with van der Waals surface area (Å²) in [5.74, 6) is 0.454. The molecule has 5 nitrogen and oxygen atoms in total. The number of urea groups is 1. The van der Waals surface area contributed by atoms with Crippen LogP contribution in [0.5, 0.6) is 0 Å². The van der Waals surface area contributed by atoms with Crippen LogP contribution in [-0.2, 0) is 19.5 Å². The molecule has 1 aliphatic heterocycles. The van der Waals surface area contributed by atoms with E-state index in [0.717, 1.165) is 26.1 Å². The molecule has 0 atom stereocenters. The monoisotopic (exact) mass is 360 g/mol. The highest BCUT2D eigenvalue weighted by Gasteiger charge is 2.24. The Balaban J connectivity index is 1.79. The van der Waals surface area contributed by atoms with Gasteiger partial charge in [0.05, 0.1) is 0 Å². The van der Waals surface area contributed by atoms with E-state index in [9.17, 15) is 4.79 Å². The van der Waals surface area contributed by atoms with Crippen molar-refractivity contribution in [2.45, 2.75) is 40.3 Å². The molecule has 2 N–H and O–H groups in total.